The number of nitrogens with one attached hydrogen (secondary N) is 1. The van der Waals surface area contributed by atoms with Crippen LogP contribution in [-0.2, 0) is 6.42 Å². The molecule has 0 aliphatic heterocycles. The van der Waals surface area contributed by atoms with Crippen molar-refractivity contribution in [3.63, 3.8) is 0 Å². The van der Waals surface area contributed by atoms with E-state index in [0.29, 0.717) is 0 Å². The SMILES string of the molecule is CNC1CC1Cc1ccccc1. The molecule has 0 amide bonds. The van der Waals surface area contributed by atoms with Crippen LogP contribution in [0.1, 0.15) is 12.0 Å². The first kappa shape index (κ1) is 7.81. The number of benzene rings is 1. The zero-order chi connectivity index (χ0) is 8.39. The standard InChI is InChI=1S/C11H15N/c1-12-11-8-10(11)7-9-5-3-2-4-6-9/h2-6,10-12H,7-8H2,1H3. The normalized spacial score (nSPS) is 27.1. The summed E-state index contributed by atoms with van der Waals surface area (Å²) in [7, 11) is 2.05. The van der Waals surface area contributed by atoms with Crippen molar-refractivity contribution in [1.82, 2.24) is 5.32 Å². The molecule has 2 unspecified atom stereocenters. The van der Waals surface area contributed by atoms with Gasteiger partial charge in [0.05, 0.1) is 0 Å². The zero-order valence-corrected chi connectivity index (χ0v) is 7.46. The van der Waals surface area contributed by atoms with Crippen LogP contribution in [0.2, 0.25) is 0 Å². The lowest BCUT2D eigenvalue weighted by molar-refractivity contribution is 0.702. The molecule has 0 spiro atoms. The van der Waals surface area contributed by atoms with E-state index in [1.54, 1.807) is 0 Å². The van der Waals surface area contributed by atoms with Crippen LogP contribution in [0.25, 0.3) is 0 Å². The van der Waals surface area contributed by atoms with Crippen molar-refractivity contribution >= 4 is 0 Å². The van der Waals surface area contributed by atoms with Crippen molar-refractivity contribution in [1.29, 1.82) is 0 Å². The maximum absolute atomic E-state index is 3.31. The van der Waals surface area contributed by atoms with E-state index in [0.717, 1.165) is 12.0 Å². The molecule has 2 atom stereocenters. The van der Waals surface area contributed by atoms with Crippen molar-refractivity contribution in [3.05, 3.63) is 35.9 Å². The van der Waals surface area contributed by atoms with Crippen molar-refractivity contribution < 1.29 is 0 Å². The Hall–Kier alpha value is -0.820. The van der Waals surface area contributed by atoms with Gasteiger partial charge >= 0.3 is 0 Å². The van der Waals surface area contributed by atoms with E-state index in [1.165, 1.54) is 18.4 Å². The molecule has 2 rings (SSSR count). The van der Waals surface area contributed by atoms with Gasteiger partial charge in [0.1, 0.15) is 0 Å². The molecule has 0 aromatic heterocycles. The average Bonchev–Trinajstić information content (AvgIpc) is 2.85. The van der Waals surface area contributed by atoms with E-state index in [2.05, 4.69) is 42.7 Å². The predicted octanol–water partition coefficient (Wildman–Crippen LogP) is 1.84. The Labute approximate surface area is 73.8 Å². The minimum absolute atomic E-state index is 0.783. The Bertz CT molecular complexity index is 242. The highest BCUT2D eigenvalue weighted by Crippen LogP contribution is 2.33. The monoisotopic (exact) mass is 161 g/mol. The van der Waals surface area contributed by atoms with Crippen LogP contribution in [0.15, 0.2) is 30.3 Å². The third-order valence-electron chi connectivity index (χ3n) is 2.63. The highest BCUT2D eigenvalue weighted by Gasteiger charge is 2.34. The van der Waals surface area contributed by atoms with Gasteiger partial charge in [0.15, 0.2) is 0 Å². The fourth-order valence-electron chi connectivity index (χ4n) is 1.74. The summed E-state index contributed by atoms with van der Waals surface area (Å²) in [6.45, 7) is 0. The van der Waals surface area contributed by atoms with Crippen LogP contribution in [-0.4, -0.2) is 13.1 Å². The molecule has 64 valence electrons. The van der Waals surface area contributed by atoms with Gasteiger partial charge in [-0.05, 0) is 31.4 Å². The average molecular weight is 161 g/mol. The Kier molecular flexibility index (Phi) is 2.13. The lowest BCUT2D eigenvalue weighted by Crippen LogP contribution is -2.11. The summed E-state index contributed by atoms with van der Waals surface area (Å²) in [6, 6.07) is 11.5. The molecule has 1 aromatic rings. The highest BCUT2D eigenvalue weighted by molar-refractivity contribution is 5.17. The first-order valence-electron chi connectivity index (χ1n) is 4.61. The maximum Gasteiger partial charge on any atom is 0.00994 e. The predicted molar refractivity (Wildman–Crippen MR) is 51.1 cm³/mol. The van der Waals surface area contributed by atoms with Crippen LogP contribution < -0.4 is 5.32 Å². The van der Waals surface area contributed by atoms with Crippen molar-refractivity contribution in [2.75, 3.05) is 7.05 Å². The molecule has 1 saturated carbocycles. The van der Waals surface area contributed by atoms with E-state index in [1.807, 2.05) is 0 Å². The van der Waals surface area contributed by atoms with Crippen LogP contribution >= 0.6 is 0 Å². The van der Waals surface area contributed by atoms with E-state index in [4.69, 9.17) is 0 Å². The summed E-state index contributed by atoms with van der Waals surface area (Å²) < 4.78 is 0. The van der Waals surface area contributed by atoms with Gasteiger partial charge in [-0.15, -0.1) is 0 Å². The molecule has 1 nitrogen and oxygen atoms in total. The van der Waals surface area contributed by atoms with Gasteiger partial charge in [0.2, 0.25) is 0 Å². The van der Waals surface area contributed by atoms with Crippen LogP contribution in [0.5, 0.6) is 0 Å². The third-order valence-corrected chi connectivity index (χ3v) is 2.63. The largest absolute Gasteiger partial charge is 0.317 e. The first-order valence-corrected chi connectivity index (χ1v) is 4.61. The zero-order valence-electron chi connectivity index (χ0n) is 7.46. The second-order valence-corrected chi connectivity index (χ2v) is 3.58. The number of hydrogen-bond acceptors (Lipinski definition) is 1. The van der Waals surface area contributed by atoms with E-state index >= 15 is 0 Å². The van der Waals surface area contributed by atoms with Gasteiger partial charge < -0.3 is 5.32 Å². The van der Waals surface area contributed by atoms with E-state index in [9.17, 15) is 0 Å². The summed E-state index contributed by atoms with van der Waals surface area (Å²) in [6.07, 6.45) is 2.59. The van der Waals surface area contributed by atoms with Crippen LogP contribution in [0.3, 0.4) is 0 Å². The molecule has 12 heavy (non-hydrogen) atoms. The molecule has 1 fully saturated rings. The number of rotatable bonds is 3. The third kappa shape index (κ3) is 1.67. The summed E-state index contributed by atoms with van der Waals surface area (Å²) >= 11 is 0. The molecule has 0 saturated heterocycles. The summed E-state index contributed by atoms with van der Waals surface area (Å²) in [4.78, 5) is 0. The Balaban J connectivity index is 1.89. The van der Waals surface area contributed by atoms with E-state index < -0.39 is 0 Å². The van der Waals surface area contributed by atoms with Gasteiger partial charge in [0, 0.05) is 6.04 Å². The van der Waals surface area contributed by atoms with Crippen LogP contribution in [0, 0.1) is 5.92 Å². The second kappa shape index (κ2) is 3.28. The smallest absolute Gasteiger partial charge is 0.00994 e. The molecule has 1 aliphatic carbocycles. The van der Waals surface area contributed by atoms with Crippen molar-refractivity contribution in [2.45, 2.75) is 18.9 Å². The second-order valence-electron chi connectivity index (χ2n) is 3.58. The molecule has 0 heterocycles. The van der Waals surface area contributed by atoms with E-state index in [-0.39, 0.29) is 0 Å². The molecule has 1 heteroatoms. The molecular weight excluding hydrogens is 146 g/mol. The first-order chi connectivity index (χ1) is 5.90. The molecule has 0 bridgehead atoms. The van der Waals surface area contributed by atoms with Crippen molar-refractivity contribution in [3.8, 4) is 0 Å². The molecule has 0 radical (unpaired) electrons. The fraction of sp³-hybridized carbons (Fsp3) is 0.455. The van der Waals surface area contributed by atoms with Crippen molar-refractivity contribution in [2.24, 2.45) is 5.92 Å². The fourth-order valence-corrected chi connectivity index (χ4v) is 1.74. The van der Waals surface area contributed by atoms with Gasteiger partial charge in [0.25, 0.3) is 0 Å². The summed E-state index contributed by atoms with van der Waals surface area (Å²) in [5.74, 6) is 0.886. The van der Waals surface area contributed by atoms with Gasteiger partial charge in [-0.3, -0.25) is 0 Å². The van der Waals surface area contributed by atoms with Crippen LogP contribution in [0.4, 0.5) is 0 Å². The number of hydrogen-bond donors (Lipinski definition) is 1. The Morgan fingerprint density at radius 3 is 2.67 bits per heavy atom. The topological polar surface area (TPSA) is 12.0 Å². The molecule has 1 N–H and O–H groups in total. The summed E-state index contributed by atoms with van der Waals surface area (Å²) in [5.41, 5.74) is 1.47. The van der Waals surface area contributed by atoms with Gasteiger partial charge in [-0.1, -0.05) is 30.3 Å². The Morgan fingerprint density at radius 1 is 1.33 bits per heavy atom. The summed E-state index contributed by atoms with van der Waals surface area (Å²) in [5, 5.41) is 3.31. The molecule has 1 aliphatic rings. The highest BCUT2D eigenvalue weighted by atomic mass is 14.9. The minimum atomic E-state index is 0.783. The van der Waals surface area contributed by atoms with Gasteiger partial charge in [-0.25, -0.2) is 0 Å². The maximum atomic E-state index is 3.31. The van der Waals surface area contributed by atoms with Gasteiger partial charge in [-0.2, -0.15) is 0 Å². The lowest BCUT2D eigenvalue weighted by atomic mass is 10.1. The molecular formula is C11H15N. The quantitative estimate of drug-likeness (QED) is 0.713. The molecule has 1 aromatic carbocycles. The lowest BCUT2D eigenvalue weighted by Gasteiger charge is -1.98. The minimum Gasteiger partial charge on any atom is -0.317 e. The Morgan fingerprint density at radius 2 is 2.08 bits per heavy atom.